The lowest BCUT2D eigenvalue weighted by atomic mass is 9.89. The predicted molar refractivity (Wildman–Crippen MR) is 430 cm³/mol. The summed E-state index contributed by atoms with van der Waals surface area (Å²) in [5.41, 5.74) is 2.74. The Balaban J connectivity index is 1.05. The van der Waals surface area contributed by atoms with Crippen molar-refractivity contribution in [2.24, 2.45) is 11.7 Å². The molecule has 17 bridgehead atoms. The van der Waals surface area contributed by atoms with Crippen molar-refractivity contribution in [2.45, 2.75) is 174 Å². The number of aromatic hydroxyl groups is 4. The summed E-state index contributed by atoms with van der Waals surface area (Å²) < 4.78 is 57.1. The van der Waals surface area contributed by atoms with Gasteiger partial charge >= 0.3 is 5.97 Å². The first kappa shape index (κ1) is 91.2. The van der Waals surface area contributed by atoms with E-state index in [2.05, 4.69) is 42.5 Å². The maximum atomic E-state index is 16.9. The van der Waals surface area contributed by atoms with Gasteiger partial charge in [0.25, 0.3) is 0 Å². The highest BCUT2D eigenvalue weighted by atomic mass is 35.5. The minimum atomic E-state index is -2.59. The van der Waals surface area contributed by atoms with Crippen molar-refractivity contribution in [1.82, 2.24) is 42.5 Å². The van der Waals surface area contributed by atoms with Gasteiger partial charge in [-0.25, -0.2) is 4.79 Å². The van der Waals surface area contributed by atoms with E-state index in [1.54, 1.807) is 13.8 Å². The number of amides is 8. The third kappa shape index (κ3) is 19.0. The van der Waals surface area contributed by atoms with Crippen molar-refractivity contribution in [3.63, 3.8) is 0 Å². The lowest BCUT2D eigenvalue weighted by molar-refractivity contribution is -0.284. The number of rotatable bonds is 14. The number of carbonyl (C=O) groups excluding carboxylic acids is 8. The van der Waals surface area contributed by atoms with E-state index >= 15 is 24.0 Å². The number of aliphatic hydroxyl groups excluding tert-OH is 10. The maximum absolute atomic E-state index is 16.9. The Morgan fingerprint density at radius 1 is 0.504 bits per heavy atom. The van der Waals surface area contributed by atoms with Crippen LogP contribution >= 0.6 is 23.2 Å². The Bertz CT molecular complexity index is 5460. The second kappa shape index (κ2) is 37.5. The van der Waals surface area contributed by atoms with E-state index < -0.39 is 316 Å². The number of benzene rings is 7. The molecule has 7 aromatic rings. The molecule has 7 aromatic carbocycles. The van der Waals surface area contributed by atoms with Gasteiger partial charge in [-0.1, -0.05) is 61.3 Å². The summed E-state index contributed by atoms with van der Waals surface area (Å²) >= 11 is 14.6. The third-order valence-electron chi connectivity index (χ3n) is 22.0. The highest BCUT2D eigenvalue weighted by Crippen LogP contribution is 2.51. The fourth-order valence-corrected chi connectivity index (χ4v) is 16.1. The van der Waals surface area contributed by atoms with Crippen LogP contribution in [0.2, 0.25) is 10.0 Å². The van der Waals surface area contributed by atoms with E-state index in [1.807, 2.05) is 0 Å². The number of nitrogens with two attached hydrogens (primary N) is 1. The number of carboxylic acid groups (broad SMARTS) is 1. The zero-order chi connectivity index (χ0) is 91.3. The SMILES string of the molecule is CC(=O)N[C@H]1C(O)[C@H](O)C(CO)O[C@H]1O[C@@H]1c2ccc(c(Cl)c2)Oc2cc3cc(c2O[C@@H]2OC(CO)[C@@H](O)[C@H](O)C2NC(=O)CC(C)C)Oc2ccc(cc2Cl)C[C@H]2NC(=O)[C@H](N)c4ccc(O)c(c4)Oc4cc(O)cc(c4)[C@H](NC2=O)C(=O)N[C@H]3C(=O)N[C@H]2C(=O)N[C@@H]1C(=O)N[C@H](C(=O)O)c1cc(O)cc(O[C@H]3OC(CO)[C@@H](O)[C@@H](O)C3O)c1-c1cc2ccc1O. The molecular formula is C83H87Cl2N9O33. The Kier molecular flexibility index (Phi) is 26.9. The number of hydrogen-bond acceptors (Lipinski definition) is 33. The van der Waals surface area contributed by atoms with E-state index in [1.165, 1.54) is 30.3 Å². The molecule has 0 aromatic heterocycles. The topological polar surface area (TPSA) is 662 Å². The number of phenols is 4. The third-order valence-corrected chi connectivity index (χ3v) is 22.6. The van der Waals surface area contributed by atoms with Crippen molar-refractivity contribution >= 4 is 76.4 Å². The molecular weight excluding hydrogens is 1720 g/mol. The average molecular weight is 1810 g/mol. The van der Waals surface area contributed by atoms with Crippen molar-refractivity contribution < 1.29 is 162 Å². The first-order valence-electron chi connectivity index (χ1n) is 39.5. The number of halogens is 2. The zero-order valence-electron chi connectivity index (χ0n) is 66.8. The van der Waals surface area contributed by atoms with E-state index in [9.17, 15) is 95.8 Å². The lowest BCUT2D eigenvalue weighted by Gasteiger charge is -2.44. The molecule has 0 spiro atoms. The van der Waals surface area contributed by atoms with Crippen LogP contribution in [0.15, 0.2) is 115 Å². The normalized spacial score (nSPS) is 29.6. The molecule has 3 fully saturated rings. The lowest BCUT2D eigenvalue weighted by Crippen LogP contribution is -2.65. The van der Waals surface area contributed by atoms with E-state index in [4.69, 9.17) is 71.6 Å². The number of aliphatic carboxylic acids is 1. The molecule has 25 N–H and O–H groups in total. The number of nitrogens with one attached hydrogen (secondary N) is 8. The Morgan fingerprint density at radius 3 is 1.66 bits per heavy atom. The number of carbonyl (C=O) groups is 9. The first-order valence-corrected chi connectivity index (χ1v) is 40.2. The molecule has 23 atom stereocenters. The van der Waals surface area contributed by atoms with Gasteiger partial charge in [0.2, 0.25) is 65.6 Å². The van der Waals surface area contributed by atoms with Crippen LogP contribution in [0.5, 0.6) is 69.0 Å². The monoisotopic (exact) mass is 1810 g/mol. The Hall–Kier alpha value is -12.1. The van der Waals surface area contributed by atoms with E-state index in [0.717, 1.165) is 91.9 Å². The molecule has 44 heteroatoms. The van der Waals surface area contributed by atoms with Gasteiger partial charge in [-0.05, 0) is 118 Å². The summed E-state index contributed by atoms with van der Waals surface area (Å²) in [6.45, 7) is 1.20. The second-order valence-electron chi connectivity index (χ2n) is 31.4. The van der Waals surface area contributed by atoms with Crippen molar-refractivity contribution in [3.8, 4) is 80.1 Å². The van der Waals surface area contributed by atoms with Crippen molar-refractivity contribution in [3.05, 3.63) is 164 Å². The van der Waals surface area contributed by atoms with Gasteiger partial charge in [0, 0.05) is 48.6 Å². The van der Waals surface area contributed by atoms with Crippen molar-refractivity contribution in [1.29, 1.82) is 0 Å². The molecule has 9 aliphatic heterocycles. The molecule has 127 heavy (non-hydrogen) atoms. The molecule has 3 saturated heterocycles. The number of hydrogen-bond donors (Lipinski definition) is 24. The van der Waals surface area contributed by atoms with Gasteiger partial charge in [-0.2, -0.15) is 0 Å². The summed E-state index contributed by atoms with van der Waals surface area (Å²) in [5.74, 6) is -20.0. The molecule has 0 saturated carbocycles. The smallest absolute Gasteiger partial charge is 0.330 e. The molecule has 9 aliphatic rings. The molecule has 0 radical (unpaired) electrons. The van der Waals surface area contributed by atoms with E-state index in [0.29, 0.717) is 0 Å². The zero-order valence-corrected chi connectivity index (χ0v) is 68.3. The van der Waals surface area contributed by atoms with Crippen LogP contribution < -0.4 is 72.0 Å². The van der Waals surface area contributed by atoms with Crippen LogP contribution in [-0.2, 0) is 68.5 Å². The minimum absolute atomic E-state index is 0.0248. The molecule has 0 aliphatic carbocycles. The van der Waals surface area contributed by atoms with Crippen LogP contribution in [0.1, 0.15) is 102 Å². The van der Waals surface area contributed by atoms with E-state index in [-0.39, 0.29) is 45.7 Å². The van der Waals surface area contributed by atoms with Crippen LogP contribution in [0.25, 0.3) is 11.1 Å². The number of phenolic OH excluding ortho intramolecular Hbond substituents is 4. The fourth-order valence-electron chi connectivity index (χ4n) is 15.6. The van der Waals surface area contributed by atoms with Crippen LogP contribution in [-0.4, -0.2) is 254 Å². The molecule has 8 amide bonds. The van der Waals surface area contributed by atoms with Gasteiger partial charge in [0.1, 0.15) is 156 Å². The van der Waals surface area contributed by atoms with Gasteiger partial charge in [0.05, 0.1) is 29.9 Å². The molecule has 9 heterocycles. The van der Waals surface area contributed by atoms with Gasteiger partial charge in [-0.15, -0.1) is 0 Å². The summed E-state index contributed by atoms with van der Waals surface area (Å²) in [6, 6.07) is 0.512. The number of carboxylic acids is 1. The summed E-state index contributed by atoms with van der Waals surface area (Å²) in [4.78, 5) is 138. The van der Waals surface area contributed by atoms with Crippen LogP contribution in [0.4, 0.5) is 0 Å². The average Bonchev–Trinajstić information content (AvgIpc) is 0.755. The first-order chi connectivity index (χ1) is 60.4. The highest BCUT2D eigenvalue weighted by Gasteiger charge is 2.52. The van der Waals surface area contributed by atoms with Crippen LogP contribution in [0, 0.1) is 5.92 Å². The summed E-state index contributed by atoms with van der Waals surface area (Å²) in [5, 5.41) is 189. The van der Waals surface area contributed by atoms with Gasteiger partial charge in [0.15, 0.2) is 35.3 Å². The largest absolute Gasteiger partial charge is 0.508 e. The highest BCUT2D eigenvalue weighted by molar-refractivity contribution is 6.32. The van der Waals surface area contributed by atoms with Crippen molar-refractivity contribution in [2.75, 3.05) is 19.8 Å². The predicted octanol–water partition coefficient (Wildman–Crippen LogP) is -0.931. The summed E-state index contributed by atoms with van der Waals surface area (Å²) in [7, 11) is 0. The number of ether oxygens (including phenoxy) is 9. The Morgan fingerprint density at radius 2 is 1.05 bits per heavy atom. The minimum Gasteiger partial charge on any atom is -0.508 e. The maximum Gasteiger partial charge on any atom is 0.330 e. The summed E-state index contributed by atoms with van der Waals surface area (Å²) in [6.07, 6.45) is -29.4. The molecule has 16 rings (SSSR count). The number of aliphatic hydroxyl groups is 10. The van der Waals surface area contributed by atoms with Gasteiger partial charge in [-0.3, -0.25) is 38.4 Å². The quantitative estimate of drug-likeness (QED) is 0.0625. The van der Waals surface area contributed by atoms with Gasteiger partial charge < -0.3 is 167 Å². The standard InChI is InChI=1S/C83H87Cl2N9O33/c1-28(2)12-55(103)89-63-69(108)66(105)53(26-96)124-82(63)127-73-50-20-35-21-51(73)121-47-11-7-33(18-42(47)85)72(126-81-62(87-29(3)98)68(107)65(104)52(25-95)123-81)64-79(116)93-61(80(117)118)40-23-37(100)24-49(122-83-71(110)70(109)67(106)54(27-97)125-83)56(40)39-17-32(6-8-44(39)101)58(76(113)94-64)91-78(115)60(35)92-77(114)59-34-15-36(99)22-38(16-34)119-48-19-31(5-9-45(48)102)57(86)75(112)88-43(74(111)90-59)14-30-4-10-46(120-50)41(84)13-30/h4-11,13,15-24,28,43,52-54,57-72,81-83,95-97,99-102,104-110H,12,14,25-27,86H2,1-3H3,(H,87,98)(H,88,112)(H,89,103)(H,90,111)(H,91,115)(H,92,114)(H,93,116)(H,94,113)(H,117,118)/t43-,52?,53?,54?,57-,58-,59+,60-,61+,62+,63?,64+,65-,66-,67-,68?,69-,70-,71?,72-,81+,82+,83+/m1/s1. The van der Waals surface area contributed by atoms with Crippen LogP contribution in [0.3, 0.4) is 0 Å². The second-order valence-corrected chi connectivity index (χ2v) is 32.2. The number of fused-ring (bicyclic) bond motifs is 14. The molecule has 42 nitrogen and oxygen atoms in total. The molecule has 676 valence electrons. The molecule has 6 unspecified atom stereocenters. The fraction of sp³-hybridized carbons (Fsp3) is 0.386. The Labute approximate surface area is 727 Å².